The Morgan fingerprint density at radius 3 is 2.00 bits per heavy atom. The molecule has 2 fully saturated rings. The van der Waals surface area contributed by atoms with Crippen LogP contribution in [0.4, 0.5) is 0 Å². The van der Waals surface area contributed by atoms with Gasteiger partial charge in [0, 0.05) is 12.1 Å². The molecule has 0 N–H and O–H groups in total. The maximum Gasteiger partial charge on any atom is 0.0732 e. The summed E-state index contributed by atoms with van der Waals surface area (Å²) in [4.78, 5) is 2.59. The van der Waals surface area contributed by atoms with E-state index in [1.807, 2.05) is 0 Å². The standard InChI is InChI=1S/C12H23NO/c1-4-11-9-7-6-8-10(13(9)3)12(5-2)14-11/h9-12H,4-8H2,1-3H3/t9-,10+,11-,12+. The number of morpholine rings is 1. The topological polar surface area (TPSA) is 12.5 Å². The molecular formula is C12H23NO. The van der Waals surface area contributed by atoms with Gasteiger partial charge in [-0.3, -0.25) is 4.90 Å². The van der Waals surface area contributed by atoms with Crippen LogP contribution < -0.4 is 0 Å². The third kappa shape index (κ3) is 1.59. The van der Waals surface area contributed by atoms with Gasteiger partial charge in [-0.2, -0.15) is 0 Å². The van der Waals surface area contributed by atoms with Crippen molar-refractivity contribution in [3.8, 4) is 0 Å². The molecule has 2 rings (SSSR count). The van der Waals surface area contributed by atoms with Crippen molar-refractivity contribution in [1.82, 2.24) is 4.90 Å². The SMILES string of the molecule is CC[C@@H]1O[C@H](CC)[C@H]2CCC[C@@H]1N2C. The van der Waals surface area contributed by atoms with Crippen molar-refractivity contribution in [3.05, 3.63) is 0 Å². The summed E-state index contributed by atoms with van der Waals surface area (Å²) >= 11 is 0. The molecule has 2 bridgehead atoms. The lowest BCUT2D eigenvalue weighted by atomic mass is 9.85. The number of nitrogens with zero attached hydrogens (tertiary/aromatic N) is 1. The minimum atomic E-state index is 0.487. The van der Waals surface area contributed by atoms with E-state index in [0.29, 0.717) is 24.3 Å². The first kappa shape index (κ1) is 10.4. The summed E-state index contributed by atoms with van der Waals surface area (Å²) in [6.45, 7) is 4.50. The van der Waals surface area contributed by atoms with Crippen molar-refractivity contribution in [1.29, 1.82) is 0 Å². The van der Waals surface area contributed by atoms with Crippen molar-refractivity contribution in [2.45, 2.75) is 70.2 Å². The highest BCUT2D eigenvalue weighted by molar-refractivity contribution is 4.95. The summed E-state index contributed by atoms with van der Waals surface area (Å²) in [6, 6.07) is 1.39. The number of hydrogen-bond acceptors (Lipinski definition) is 2. The Hall–Kier alpha value is -0.0800. The first-order chi connectivity index (χ1) is 6.77. The van der Waals surface area contributed by atoms with Gasteiger partial charge in [0.2, 0.25) is 0 Å². The van der Waals surface area contributed by atoms with E-state index in [4.69, 9.17) is 4.74 Å². The molecule has 2 nitrogen and oxygen atoms in total. The largest absolute Gasteiger partial charge is 0.372 e. The lowest BCUT2D eigenvalue weighted by Gasteiger charge is -2.51. The smallest absolute Gasteiger partial charge is 0.0732 e. The molecule has 2 aliphatic rings. The van der Waals surface area contributed by atoms with E-state index in [0.717, 1.165) is 12.8 Å². The first-order valence-corrected chi connectivity index (χ1v) is 6.15. The lowest BCUT2D eigenvalue weighted by molar-refractivity contribution is -0.162. The predicted molar refractivity (Wildman–Crippen MR) is 58.4 cm³/mol. The highest BCUT2D eigenvalue weighted by Gasteiger charge is 2.42. The van der Waals surface area contributed by atoms with Crippen molar-refractivity contribution < 1.29 is 4.74 Å². The molecule has 14 heavy (non-hydrogen) atoms. The Bertz CT molecular complexity index is 173. The molecule has 0 spiro atoms. The molecule has 0 unspecified atom stereocenters. The van der Waals surface area contributed by atoms with Crippen LogP contribution in [0.1, 0.15) is 46.0 Å². The van der Waals surface area contributed by atoms with E-state index in [-0.39, 0.29) is 0 Å². The van der Waals surface area contributed by atoms with Gasteiger partial charge in [0.05, 0.1) is 12.2 Å². The fourth-order valence-corrected chi connectivity index (χ4v) is 3.23. The van der Waals surface area contributed by atoms with Crippen LogP contribution in [0.3, 0.4) is 0 Å². The number of hydrogen-bond donors (Lipinski definition) is 0. The second-order valence-electron chi connectivity index (χ2n) is 4.76. The van der Waals surface area contributed by atoms with Gasteiger partial charge in [-0.15, -0.1) is 0 Å². The van der Waals surface area contributed by atoms with Gasteiger partial charge in [-0.25, -0.2) is 0 Å². The maximum absolute atomic E-state index is 6.18. The fourth-order valence-electron chi connectivity index (χ4n) is 3.23. The van der Waals surface area contributed by atoms with Crippen LogP contribution in [0, 0.1) is 0 Å². The third-order valence-electron chi connectivity index (χ3n) is 4.06. The van der Waals surface area contributed by atoms with Gasteiger partial charge in [0.15, 0.2) is 0 Å². The van der Waals surface area contributed by atoms with Crippen LogP contribution in [-0.4, -0.2) is 36.2 Å². The minimum Gasteiger partial charge on any atom is -0.372 e. The Morgan fingerprint density at radius 1 is 1.07 bits per heavy atom. The average Bonchev–Trinajstić information content (AvgIpc) is 2.18. The Kier molecular flexibility index (Phi) is 3.13. The molecule has 2 saturated heterocycles. The van der Waals surface area contributed by atoms with E-state index < -0.39 is 0 Å². The zero-order valence-electron chi connectivity index (χ0n) is 9.70. The molecule has 0 aliphatic carbocycles. The third-order valence-corrected chi connectivity index (χ3v) is 4.06. The normalized spacial score (nSPS) is 43.9. The summed E-state index contributed by atoms with van der Waals surface area (Å²) in [5.74, 6) is 0. The zero-order valence-corrected chi connectivity index (χ0v) is 9.70. The highest BCUT2D eigenvalue weighted by atomic mass is 16.5. The lowest BCUT2D eigenvalue weighted by Crippen LogP contribution is -2.60. The quantitative estimate of drug-likeness (QED) is 0.674. The summed E-state index contributed by atoms with van der Waals surface area (Å²) in [6.07, 6.45) is 7.37. The summed E-state index contributed by atoms with van der Waals surface area (Å²) in [5, 5.41) is 0. The molecule has 0 amide bonds. The van der Waals surface area contributed by atoms with Crippen molar-refractivity contribution in [2.75, 3.05) is 7.05 Å². The van der Waals surface area contributed by atoms with Crippen LogP contribution in [0.2, 0.25) is 0 Å². The number of likely N-dealkylation sites (N-methyl/N-ethyl adjacent to an activating group) is 1. The van der Waals surface area contributed by atoms with Crippen LogP contribution >= 0.6 is 0 Å². The molecule has 2 heterocycles. The Morgan fingerprint density at radius 2 is 1.57 bits per heavy atom. The second kappa shape index (κ2) is 4.19. The molecule has 0 radical (unpaired) electrons. The molecule has 0 aromatic carbocycles. The highest BCUT2D eigenvalue weighted by Crippen LogP contribution is 2.35. The number of fused-ring (bicyclic) bond motifs is 2. The predicted octanol–water partition coefficient (Wildman–Crippen LogP) is 2.43. The zero-order chi connectivity index (χ0) is 10.1. The Labute approximate surface area is 87.6 Å². The van der Waals surface area contributed by atoms with Crippen molar-refractivity contribution >= 4 is 0 Å². The molecule has 0 aromatic rings. The van der Waals surface area contributed by atoms with Gasteiger partial charge in [-0.05, 0) is 32.7 Å². The van der Waals surface area contributed by atoms with Gasteiger partial charge in [0.25, 0.3) is 0 Å². The van der Waals surface area contributed by atoms with Crippen LogP contribution in [0.25, 0.3) is 0 Å². The Balaban J connectivity index is 2.13. The number of piperidine rings is 1. The van der Waals surface area contributed by atoms with Gasteiger partial charge in [-0.1, -0.05) is 20.3 Å². The molecular weight excluding hydrogens is 174 g/mol. The monoisotopic (exact) mass is 197 g/mol. The second-order valence-corrected chi connectivity index (χ2v) is 4.76. The molecule has 4 atom stereocenters. The van der Waals surface area contributed by atoms with Crippen molar-refractivity contribution in [3.63, 3.8) is 0 Å². The molecule has 2 aliphatic heterocycles. The van der Waals surface area contributed by atoms with Gasteiger partial charge < -0.3 is 4.74 Å². The van der Waals surface area contributed by atoms with Gasteiger partial charge in [0.1, 0.15) is 0 Å². The summed E-state index contributed by atoms with van der Waals surface area (Å²) in [5.41, 5.74) is 0. The van der Waals surface area contributed by atoms with Crippen molar-refractivity contribution in [2.24, 2.45) is 0 Å². The molecule has 2 heteroatoms. The minimum absolute atomic E-state index is 0.487. The summed E-state index contributed by atoms with van der Waals surface area (Å²) in [7, 11) is 2.29. The average molecular weight is 197 g/mol. The maximum atomic E-state index is 6.18. The molecule has 0 aromatic heterocycles. The fraction of sp³-hybridized carbons (Fsp3) is 1.00. The van der Waals surface area contributed by atoms with E-state index in [1.165, 1.54) is 19.3 Å². The van der Waals surface area contributed by atoms with Crippen LogP contribution in [0.5, 0.6) is 0 Å². The van der Waals surface area contributed by atoms with E-state index in [9.17, 15) is 0 Å². The van der Waals surface area contributed by atoms with Crippen LogP contribution in [-0.2, 0) is 4.74 Å². The van der Waals surface area contributed by atoms with E-state index in [2.05, 4.69) is 25.8 Å². The number of rotatable bonds is 2. The first-order valence-electron chi connectivity index (χ1n) is 6.15. The summed E-state index contributed by atoms with van der Waals surface area (Å²) < 4.78 is 6.18. The molecule has 0 saturated carbocycles. The molecule has 82 valence electrons. The van der Waals surface area contributed by atoms with E-state index in [1.54, 1.807) is 0 Å². The van der Waals surface area contributed by atoms with Crippen LogP contribution in [0.15, 0.2) is 0 Å². The van der Waals surface area contributed by atoms with Gasteiger partial charge >= 0.3 is 0 Å². The number of ether oxygens (including phenoxy) is 1. The van der Waals surface area contributed by atoms with E-state index >= 15 is 0 Å².